The smallest absolute Gasteiger partial charge is 1.00 e. The van der Waals surface area contributed by atoms with Gasteiger partial charge in [-0.1, -0.05) is 0 Å². The van der Waals surface area contributed by atoms with Gasteiger partial charge in [-0.2, -0.15) is 0 Å². The second-order valence-electron chi connectivity index (χ2n) is 6.24. The van der Waals surface area contributed by atoms with Crippen molar-refractivity contribution in [2.75, 3.05) is 0 Å². The summed E-state index contributed by atoms with van der Waals surface area (Å²) in [7, 11) is 0. The molecule has 0 saturated heterocycles. The molecule has 0 spiro atoms. The number of pyridine rings is 1. The molecule has 3 rings (SSSR count). The quantitative estimate of drug-likeness (QED) is 0.628. The molecule has 1 heterocycles. The fourth-order valence-electron chi connectivity index (χ4n) is 3.00. The molecule has 4 heteroatoms. The van der Waals surface area contributed by atoms with Gasteiger partial charge in [-0.25, -0.2) is 0 Å². The van der Waals surface area contributed by atoms with Crippen molar-refractivity contribution in [3.63, 3.8) is 0 Å². The third-order valence-electron chi connectivity index (χ3n) is 4.42. The largest absolute Gasteiger partial charge is 1.00 e. The minimum absolute atomic E-state index is 0. The molecule has 0 atom stereocenters. The Balaban J connectivity index is 0.00000144. The van der Waals surface area contributed by atoms with Crippen LogP contribution in [0, 0.1) is 0 Å². The first-order valence-electron chi connectivity index (χ1n) is 7.64. The Morgan fingerprint density at radius 2 is 1.67 bits per heavy atom. The molecular weight excluding hydrogens is 377 g/mol. The number of hydrogen-bond acceptors (Lipinski definition) is 1. The summed E-state index contributed by atoms with van der Waals surface area (Å²) < 4.78 is 1.32. The van der Waals surface area contributed by atoms with Crippen LogP contribution in [0.15, 0.2) is 76.4 Å². The molecule has 24 heavy (non-hydrogen) atoms. The summed E-state index contributed by atoms with van der Waals surface area (Å²) in [5, 5.41) is 0. The Morgan fingerprint density at radius 1 is 1.00 bits per heavy atom. The minimum Gasteiger partial charge on any atom is -1.00 e. The second kappa shape index (κ2) is 8.88. The predicted octanol–water partition coefficient (Wildman–Crippen LogP) is -1.26. The van der Waals surface area contributed by atoms with E-state index in [0.29, 0.717) is 0 Å². The molecule has 0 aliphatic heterocycles. The molecule has 0 N–H and O–H groups in total. The van der Waals surface area contributed by atoms with Crippen LogP contribution >= 0.6 is 0 Å². The van der Waals surface area contributed by atoms with Gasteiger partial charge in [0.1, 0.15) is 0 Å². The molecule has 125 valence electrons. The van der Waals surface area contributed by atoms with Gasteiger partial charge in [-0.05, 0) is 0 Å². The Hall–Kier alpha value is -1.04. The molecule has 1 aromatic heterocycles. The molecule has 0 saturated carbocycles. The molecule has 1 aliphatic rings. The van der Waals surface area contributed by atoms with Gasteiger partial charge < -0.3 is 24.8 Å². The van der Waals surface area contributed by atoms with Crippen molar-refractivity contribution in [3.05, 3.63) is 87.6 Å². The van der Waals surface area contributed by atoms with Crippen molar-refractivity contribution < 1.29 is 41.1 Å². The average Bonchev–Trinajstić information content (AvgIpc) is 2.91. The number of benzene rings is 1. The van der Waals surface area contributed by atoms with E-state index in [1.54, 1.807) is 0 Å². The van der Waals surface area contributed by atoms with Gasteiger partial charge in [0.2, 0.25) is 0 Å². The van der Waals surface area contributed by atoms with E-state index in [9.17, 15) is 0 Å². The maximum atomic E-state index is 4.57. The van der Waals surface area contributed by atoms with Crippen molar-refractivity contribution in [3.8, 4) is 0 Å². The van der Waals surface area contributed by atoms with Crippen LogP contribution in [-0.4, -0.2) is 4.98 Å². The Bertz CT molecular complexity index is 722. The van der Waals surface area contributed by atoms with Crippen molar-refractivity contribution in [2.45, 2.75) is 32.1 Å². The molecule has 1 nitrogen and oxygen atoms in total. The van der Waals surface area contributed by atoms with E-state index >= 15 is 0 Å². The normalized spacial score (nSPS) is 13.8. The van der Waals surface area contributed by atoms with E-state index in [4.69, 9.17) is 0 Å². The number of nitrogens with zero attached hydrogens (tertiary/aromatic N) is 1. The zero-order valence-corrected chi connectivity index (χ0v) is 16.6. The van der Waals surface area contributed by atoms with E-state index in [-0.39, 0.29) is 30.2 Å². The zero-order chi connectivity index (χ0) is 15.6. The average molecular weight is 397 g/mol. The first-order valence-corrected chi connectivity index (χ1v) is 8.28. The summed E-state index contributed by atoms with van der Waals surface area (Å²) in [6, 6.07) is 16.8. The third kappa shape index (κ3) is 4.32. The van der Waals surface area contributed by atoms with Crippen LogP contribution in [0.5, 0.6) is 0 Å². The number of hydrogen-bond donors (Lipinski definition) is 0. The van der Waals surface area contributed by atoms with E-state index in [2.05, 4.69) is 83.7 Å². The van der Waals surface area contributed by atoms with Gasteiger partial charge in [-0.3, -0.25) is 0 Å². The van der Waals surface area contributed by atoms with Crippen LogP contribution in [-0.2, 0) is 28.1 Å². The molecule has 0 radical (unpaired) electrons. The van der Waals surface area contributed by atoms with Crippen molar-refractivity contribution in [2.24, 2.45) is 0 Å². The standard InChI is InChI=1S/C20H20N.2ClH.Cr/c1-20(2,19-10-6-7-13-21-19)18-12-11-17(15-18)14-16-8-4-3-5-9-16;;;/h3-11,13H,12,14H2,1-2H3;2*1H;/q;;;+2/p-2. The third-order valence-corrected chi connectivity index (χ3v) is 5.21. The van der Waals surface area contributed by atoms with E-state index in [1.807, 2.05) is 12.3 Å². The Labute approximate surface area is 165 Å². The fourth-order valence-corrected chi connectivity index (χ4v) is 3.77. The Morgan fingerprint density at radius 3 is 2.29 bits per heavy atom. The molecule has 0 unspecified atom stereocenters. The summed E-state index contributed by atoms with van der Waals surface area (Å²) in [5.74, 6) is 0. The number of aromatic nitrogens is 1. The summed E-state index contributed by atoms with van der Waals surface area (Å²) >= 11 is 3.32. The molecule has 2 aromatic rings. The van der Waals surface area contributed by atoms with Crippen LogP contribution in [0.4, 0.5) is 0 Å². The van der Waals surface area contributed by atoms with Gasteiger partial charge in [0, 0.05) is 0 Å². The van der Waals surface area contributed by atoms with Gasteiger partial charge in [-0.15, -0.1) is 0 Å². The summed E-state index contributed by atoms with van der Waals surface area (Å²) in [4.78, 5) is 4.57. The summed E-state index contributed by atoms with van der Waals surface area (Å²) in [6.45, 7) is 4.53. The summed E-state index contributed by atoms with van der Waals surface area (Å²) in [5.41, 5.74) is 5.30. The van der Waals surface area contributed by atoms with Gasteiger partial charge in [0.25, 0.3) is 0 Å². The van der Waals surface area contributed by atoms with Crippen LogP contribution in [0.25, 0.3) is 0 Å². The van der Waals surface area contributed by atoms with Crippen LogP contribution in [0.1, 0.15) is 31.5 Å². The van der Waals surface area contributed by atoms with Crippen LogP contribution in [0.3, 0.4) is 0 Å². The fraction of sp³-hybridized carbons (Fsp3) is 0.250. The van der Waals surface area contributed by atoms with Gasteiger partial charge in [0.15, 0.2) is 0 Å². The number of rotatable bonds is 4. The van der Waals surface area contributed by atoms with Gasteiger partial charge >= 0.3 is 141 Å². The molecule has 1 aromatic carbocycles. The number of allylic oxidation sites excluding steroid dienone is 4. The minimum atomic E-state index is -0.0449. The topological polar surface area (TPSA) is 12.9 Å². The van der Waals surface area contributed by atoms with E-state index in [1.165, 1.54) is 21.1 Å². The monoisotopic (exact) mass is 396 g/mol. The van der Waals surface area contributed by atoms with E-state index < -0.39 is 0 Å². The molecular formula is C20H20Cl2CrN. The van der Waals surface area contributed by atoms with Crippen LogP contribution < -0.4 is 24.8 Å². The number of halogens is 2. The summed E-state index contributed by atoms with van der Waals surface area (Å²) in [6.07, 6.45) is 6.24. The van der Waals surface area contributed by atoms with Crippen molar-refractivity contribution in [1.82, 2.24) is 4.98 Å². The first-order chi connectivity index (χ1) is 10.6. The zero-order valence-electron chi connectivity index (χ0n) is 13.8. The molecule has 0 fully saturated rings. The second-order valence-corrected chi connectivity index (χ2v) is 6.88. The molecule has 0 amide bonds. The first kappa shape index (κ1) is 21.0. The van der Waals surface area contributed by atoms with Crippen LogP contribution in [0.2, 0.25) is 0 Å². The molecule has 0 bridgehead atoms. The van der Waals surface area contributed by atoms with Crippen molar-refractivity contribution in [1.29, 1.82) is 0 Å². The SMILES string of the molecule is CC(C)(C1=[C]([Cr+2])C(Cc2ccccc2)=CC1)c1ccccn1.[Cl-].[Cl-]. The van der Waals surface area contributed by atoms with Gasteiger partial charge in [0.05, 0.1) is 0 Å². The Kier molecular flexibility index (Phi) is 7.77. The maximum Gasteiger partial charge on any atom is -1.00 e. The maximum absolute atomic E-state index is 4.57. The molecule has 1 aliphatic carbocycles. The van der Waals surface area contributed by atoms with E-state index in [0.717, 1.165) is 18.5 Å². The predicted molar refractivity (Wildman–Crippen MR) is 87.1 cm³/mol. The van der Waals surface area contributed by atoms with Crippen molar-refractivity contribution >= 4 is 0 Å².